The Morgan fingerprint density at radius 1 is 1.30 bits per heavy atom. The third-order valence-electron chi connectivity index (χ3n) is 3.07. The van der Waals surface area contributed by atoms with Gasteiger partial charge in [-0.1, -0.05) is 49.9 Å². The second-order valence-corrected chi connectivity index (χ2v) is 4.76. The van der Waals surface area contributed by atoms with E-state index < -0.39 is 5.92 Å². The first-order valence-corrected chi connectivity index (χ1v) is 6.69. The molecule has 0 atom stereocenters. The largest absolute Gasteiger partial charge is 0.283 e. The number of halogens is 2. The van der Waals surface area contributed by atoms with Crippen molar-refractivity contribution < 1.29 is 8.78 Å². The molecule has 1 aromatic rings. The molecule has 0 aromatic heterocycles. The maximum atomic E-state index is 13.0. The quantitative estimate of drug-likeness (QED) is 0.495. The number of aliphatic imine (C=N–C) groups is 1. The second kappa shape index (κ2) is 7.13. The van der Waals surface area contributed by atoms with E-state index in [1.54, 1.807) is 0 Å². The van der Waals surface area contributed by atoms with Crippen molar-refractivity contribution in [1.82, 2.24) is 0 Å². The molecule has 0 fully saturated rings. The highest BCUT2D eigenvalue weighted by Gasteiger charge is 2.24. The number of allylic oxidation sites excluding steroid dienone is 3. The van der Waals surface area contributed by atoms with Gasteiger partial charge < -0.3 is 0 Å². The lowest BCUT2D eigenvalue weighted by Gasteiger charge is -2.09. The molecule has 0 saturated heterocycles. The van der Waals surface area contributed by atoms with E-state index in [0.29, 0.717) is 0 Å². The molecule has 20 heavy (non-hydrogen) atoms. The summed E-state index contributed by atoms with van der Waals surface area (Å²) in [5, 5.41) is 0. The Labute approximate surface area is 119 Å². The minimum absolute atomic E-state index is 0.140. The van der Waals surface area contributed by atoms with Crippen molar-refractivity contribution in [3.63, 3.8) is 0 Å². The summed E-state index contributed by atoms with van der Waals surface area (Å²) in [5.74, 6) is -2.85. The summed E-state index contributed by atoms with van der Waals surface area (Å²) < 4.78 is 25.9. The molecule has 0 unspecified atom stereocenters. The van der Waals surface area contributed by atoms with Gasteiger partial charge >= 0.3 is 0 Å². The van der Waals surface area contributed by atoms with Crippen LogP contribution in [0.5, 0.6) is 0 Å². The fourth-order valence-electron chi connectivity index (χ4n) is 1.69. The van der Waals surface area contributed by atoms with Crippen LogP contribution in [-0.4, -0.2) is 11.6 Å². The fraction of sp³-hybridized carbons (Fsp3) is 0.353. The molecule has 0 aliphatic heterocycles. The lowest BCUT2D eigenvalue weighted by atomic mass is 10.0. The molecule has 3 heteroatoms. The van der Waals surface area contributed by atoms with Gasteiger partial charge in [0.05, 0.1) is 12.3 Å². The fourth-order valence-corrected chi connectivity index (χ4v) is 1.69. The number of hydrogen-bond donors (Lipinski definition) is 0. The van der Waals surface area contributed by atoms with E-state index in [4.69, 9.17) is 0 Å². The number of nitrogens with zero attached hydrogens (tertiary/aromatic N) is 1. The van der Waals surface area contributed by atoms with Gasteiger partial charge in [-0.3, -0.25) is 4.99 Å². The highest BCUT2D eigenvalue weighted by Crippen LogP contribution is 2.18. The normalized spacial score (nSPS) is 13.4. The lowest BCUT2D eigenvalue weighted by Crippen LogP contribution is -2.21. The minimum Gasteiger partial charge on any atom is -0.283 e. The smallest absolute Gasteiger partial charge is 0.282 e. The van der Waals surface area contributed by atoms with Crippen LogP contribution in [0.15, 0.2) is 48.0 Å². The molecular weight excluding hydrogens is 256 g/mol. The van der Waals surface area contributed by atoms with Gasteiger partial charge in [0.1, 0.15) is 0 Å². The van der Waals surface area contributed by atoms with Crippen molar-refractivity contribution in [2.45, 2.75) is 39.7 Å². The van der Waals surface area contributed by atoms with E-state index in [0.717, 1.165) is 30.0 Å². The number of alkyl halides is 2. The SMILES string of the molecule is C=C/C(=C/CC)c1ccc(C/N=C(\C)C(C)(F)F)cc1. The number of benzene rings is 1. The van der Waals surface area contributed by atoms with E-state index in [1.807, 2.05) is 30.3 Å². The first-order valence-electron chi connectivity index (χ1n) is 6.69. The molecule has 0 amide bonds. The Morgan fingerprint density at radius 2 is 1.90 bits per heavy atom. The Morgan fingerprint density at radius 3 is 2.35 bits per heavy atom. The van der Waals surface area contributed by atoms with Crippen molar-refractivity contribution >= 4 is 11.3 Å². The van der Waals surface area contributed by atoms with Gasteiger partial charge in [0.25, 0.3) is 5.92 Å². The van der Waals surface area contributed by atoms with Crippen LogP contribution in [-0.2, 0) is 6.54 Å². The van der Waals surface area contributed by atoms with Crippen molar-refractivity contribution in [3.05, 3.63) is 54.1 Å². The molecule has 0 bridgehead atoms. The van der Waals surface area contributed by atoms with Gasteiger partial charge in [-0.2, -0.15) is 0 Å². The molecule has 0 radical (unpaired) electrons. The molecule has 0 heterocycles. The van der Waals surface area contributed by atoms with Crippen LogP contribution in [0.4, 0.5) is 8.78 Å². The Bertz CT molecular complexity index is 505. The van der Waals surface area contributed by atoms with Crippen LogP contribution in [0.2, 0.25) is 0 Å². The maximum Gasteiger partial charge on any atom is 0.282 e. The summed E-state index contributed by atoms with van der Waals surface area (Å²) in [6.45, 7) is 8.35. The van der Waals surface area contributed by atoms with Crippen LogP contribution in [0, 0.1) is 0 Å². The number of hydrogen-bond acceptors (Lipinski definition) is 1. The zero-order chi connectivity index (χ0) is 15.2. The Hall–Kier alpha value is -1.77. The topological polar surface area (TPSA) is 12.4 Å². The van der Waals surface area contributed by atoms with Crippen molar-refractivity contribution in [1.29, 1.82) is 0 Å². The van der Waals surface area contributed by atoms with E-state index in [1.165, 1.54) is 6.92 Å². The molecule has 0 N–H and O–H groups in total. The summed E-state index contributed by atoms with van der Waals surface area (Å²) in [6.07, 6.45) is 4.86. The van der Waals surface area contributed by atoms with E-state index >= 15 is 0 Å². The Kier molecular flexibility index (Phi) is 5.81. The standard InChI is InChI=1S/C17H21F2N/c1-5-7-15(6-2)16-10-8-14(9-11-16)12-20-13(3)17(4,18)19/h6-11H,2,5,12H2,1,3-4H3/b15-7-,20-13+. The van der Waals surface area contributed by atoms with Gasteiger partial charge in [-0.25, -0.2) is 8.78 Å². The molecule has 1 rings (SSSR count). The van der Waals surface area contributed by atoms with E-state index in [9.17, 15) is 8.78 Å². The summed E-state index contributed by atoms with van der Waals surface area (Å²) in [4.78, 5) is 3.93. The van der Waals surface area contributed by atoms with Gasteiger partial charge in [-0.05, 0) is 30.0 Å². The molecule has 0 saturated carbocycles. The molecule has 0 aliphatic rings. The summed E-state index contributed by atoms with van der Waals surface area (Å²) >= 11 is 0. The second-order valence-electron chi connectivity index (χ2n) is 4.76. The zero-order valence-corrected chi connectivity index (χ0v) is 12.3. The molecule has 1 aromatic carbocycles. The lowest BCUT2D eigenvalue weighted by molar-refractivity contribution is 0.0994. The highest BCUT2D eigenvalue weighted by molar-refractivity contribution is 5.88. The van der Waals surface area contributed by atoms with Crippen LogP contribution in [0.3, 0.4) is 0 Å². The van der Waals surface area contributed by atoms with Gasteiger partial charge in [-0.15, -0.1) is 0 Å². The maximum absolute atomic E-state index is 13.0. The third kappa shape index (κ3) is 4.72. The van der Waals surface area contributed by atoms with Gasteiger partial charge in [0, 0.05) is 6.92 Å². The molecular formula is C17H21F2N. The predicted octanol–water partition coefficient (Wildman–Crippen LogP) is 5.28. The summed E-state index contributed by atoms with van der Waals surface area (Å²) in [7, 11) is 0. The monoisotopic (exact) mass is 277 g/mol. The summed E-state index contributed by atoms with van der Waals surface area (Å²) in [6, 6.07) is 7.75. The summed E-state index contributed by atoms with van der Waals surface area (Å²) in [5.41, 5.74) is 2.93. The molecule has 1 nitrogen and oxygen atoms in total. The van der Waals surface area contributed by atoms with Crippen LogP contribution < -0.4 is 0 Å². The van der Waals surface area contributed by atoms with E-state index in [2.05, 4.69) is 24.6 Å². The molecule has 108 valence electrons. The Balaban J connectivity index is 2.83. The average molecular weight is 277 g/mol. The number of rotatable bonds is 6. The first kappa shape index (κ1) is 16.3. The van der Waals surface area contributed by atoms with Gasteiger partial charge in [0.15, 0.2) is 0 Å². The van der Waals surface area contributed by atoms with Crippen LogP contribution in [0.25, 0.3) is 5.57 Å². The minimum atomic E-state index is -2.85. The molecule has 0 spiro atoms. The zero-order valence-electron chi connectivity index (χ0n) is 12.3. The van der Waals surface area contributed by atoms with Crippen LogP contribution >= 0.6 is 0 Å². The van der Waals surface area contributed by atoms with E-state index in [-0.39, 0.29) is 12.3 Å². The van der Waals surface area contributed by atoms with Crippen molar-refractivity contribution in [3.8, 4) is 0 Å². The first-order chi connectivity index (χ1) is 9.38. The average Bonchev–Trinajstić information content (AvgIpc) is 2.41. The highest BCUT2D eigenvalue weighted by atomic mass is 19.3. The van der Waals surface area contributed by atoms with Crippen molar-refractivity contribution in [2.24, 2.45) is 4.99 Å². The van der Waals surface area contributed by atoms with Gasteiger partial charge in [0.2, 0.25) is 0 Å². The molecule has 0 aliphatic carbocycles. The predicted molar refractivity (Wildman–Crippen MR) is 82.3 cm³/mol. The van der Waals surface area contributed by atoms with Crippen LogP contribution in [0.1, 0.15) is 38.3 Å². The van der Waals surface area contributed by atoms with Crippen molar-refractivity contribution in [2.75, 3.05) is 0 Å². The third-order valence-corrected chi connectivity index (χ3v) is 3.07.